The number of phenols is 1. The molecule has 1 aliphatic rings. The minimum absolute atomic E-state index is 0.161. The second-order valence-electron chi connectivity index (χ2n) is 3.71. The first-order valence-corrected chi connectivity index (χ1v) is 5.66. The Morgan fingerprint density at radius 3 is 2.87 bits per heavy atom. The molecule has 0 saturated heterocycles. The van der Waals surface area contributed by atoms with Crippen LogP contribution < -0.4 is 0 Å². The van der Waals surface area contributed by atoms with Gasteiger partial charge in [0.2, 0.25) is 0 Å². The molecule has 0 aromatic heterocycles. The lowest BCUT2D eigenvalue weighted by atomic mass is 10.1. The van der Waals surface area contributed by atoms with Gasteiger partial charge in [-0.3, -0.25) is 4.79 Å². The van der Waals surface area contributed by atoms with E-state index in [0.29, 0.717) is 5.56 Å². The minimum Gasteiger partial charge on any atom is -0.507 e. The minimum atomic E-state index is 0.161. The summed E-state index contributed by atoms with van der Waals surface area (Å²) in [4.78, 5) is 11.4. The summed E-state index contributed by atoms with van der Waals surface area (Å²) >= 11 is 3.31. The molecule has 1 aromatic rings. The molecule has 1 fully saturated rings. The number of carbonyl (C=O) groups excluding carboxylic acids is 1. The highest BCUT2D eigenvalue weighted by Gasteiger charge is 2.27. The maximum Gasteiger partial charge on any atom is 0.158 e. The highest BCUT2D eigenvalue weighted by atomic mass is 79.9. The predicted molar refractivity (Wildman–Crippen MR) is 62.6 cm³/mol. The Kier molecular flexibility index (Phi) is 2.91. The molecule has 0 bridgehead atoms. The van der Waals surface area contributed by atoms with Crippen molar-refractivity contribution >= 4 is 27.8 Å². The summed E-state index contributed by atoms with van der Waals surface area (Å²) in [5, 5.41) is 9.52. The summed E-state index contributed by atoms with van der Waals surface area (Å²) in [7, 11) is 0. The Bertz CT molecular complexity index is 420. The van der Waals surface area contributed by atoms with E-state index >= 15 is 0 Å². The third-order valence-corrected chi connectivity index (χ3v) is 2.89. The van der Waals surface area contributed by atoms with Crippen LogP contribution in [0.2, 0.25) is 0 Å². The van der Waals surface area contributed by atoms with Gasteiger partial charge >= 0.3 is 0 Å². The number of hydrogen-bond acceptors (Lipinski definition) is 2. The summed E-state index contributed by atoms with van der Waals surface area (Å²) in [5.41, 5.74) is 0.665. The van der Waals surface area contributed by atoms with Crippen LogP contribution in [0.1, 0.15) is 18.4 Å². The topological polar surface area (TPSA) is 37.3 Å². The monoisotopic (exact) mass is 266 g/mol. The van der Waals surface area contributed by atoms with Gasteiger partial charge < -0.3 is 5.11 Å². The van der Waals surface area contributed by atoms with Crippen molar-refractivity contribution < 1.29 is 9.90 Å². The lowest BCUT2D eigenvalue weighted by Crippen LogP contribution is -1.93. The molecule has 2 rings (SSSR count). The molecular weight excluding hydrogens is 256 g/mol. The molecule has 1 N–H and O–H groups in total. The van der Waals surface area contributed by atoms with Crippen LogP contribution in [-0.4, -0.2) is 10.9 Å². The van der Waals surface area contributed by atoms with Crippen molar-refractivity contribution in [3.8, 4) is 5.75 Å². The molecule has 78 valence electrons. The van der Waals surface area contributed by atoms with E-state index < -0.39 is 0 Å². The number of hydrogen-bond donors (Lipinski definition) is 1. The number of allylic oxidation sites excluding steroid dienone is 1. The Morgan fingerprint density at radius 1 is 1.47 bits per heavy atom. The summed E-state index contributed by atoms with van der Waals surface area (Å²) in [6.45, 7) is 0. The maximum atomic E-state index is 11.4. The smallest absolute Gasteiger partial charge is 0.158 e. The molecule has 1 saturated carbocycles. The molecule has 0 unspecified atom stereocenters. The van der Waals surface area contributed by atoms with Gasteiger partial charge in [0.05, 0.1) is 0 Å². The predicted octanol–water partition coefficient (Wildman–Crippen LogP) is 3.15. The van der Waals surface area contributed by atoms with Crippen molar-refractivity contribution in [2.75, 3.05) is 0 Å². The first kappa shape index (κ1) is 10.4. The average molecular weight is 267 g/mol. The third-order valence-electron chi connectivity index (χ3n) is 2.40. The first-order valence-electron chi connectivity index (χ1n) is 4.87. The van der Waals surface area contributed by atoms with E-state index in [1.165, 1.54) is 0 Å². The quantitative estimate of drug-likeness (QED) is 0.854. The van der Waals surface area contributed by atoms with Crippen LogP contribution in [0, 0.1) is 5.92 Å². The van der Waals surface area contributed by atoms with Crippen LogP contribution in [-0.2, 0) is 4.79 Å². The summed E-state index contributed by atoms with van der Waals surface area (Å²) in [6, 6.07) is 5.15. The maximum absolute atomic E-state index is 11.4. The Morgan fingerprint density at radius 2 is 2.20 bits per heavy atom. The fourth-order valence-electron chi connectivity index (χ4n) is 1.33. The highest BCUT2D eigenvalue weighted by molar-refractivity contribution is 9.10. The number of rotatable bonds is 3. The molecule has 0 spiro atoms. The van der Waals surface area contributed by atoms with Gasteiger partial charge in [0.25, 0.3) is 0 Å². The van der Waals surface area contributed by atoms with Crippen LogP contribution in [0.4, 0.5) is 0 Å². The first-order chi connectivity index (χ1) is 7.16. The van der Waals surface area contributed by atoms with E-state index in [-0.39, 0.29) is 17.5 Å². The van der Waals surface area contributed by atoms with Gasteiger partial charge in [-0.1, -0.05) is 15.9 Å². The molecule has 0 radical (unpaired) electrons. The number of phenolic OH excluding ortho intramolecular Hbond substituents is 1. The molecule has 15 heavy (non-hydrogen) atoms. The number of aromatic hydroxyl groups is 1. The zero-order chi connectivity index (χ0) is 10.8. The van der Waals surface area contributed by atoms with Crippen LogP contribution in [0.25, 0.3) is 6.08 Å². The normalized spacial score (nSPS) is 15.8. The van der Waals surface area contributed by atoms with Gasteiger partial charge in [-0.25, -0.2) is 0 Å². The zero-order valence-corrected chi connectivity index (χ0v) is 9.70. The van der Waals surface area contributed by atoms with Crippen molar-refractivity contribution in [1.82, 2.24) is 0 Å². The molecule has 0 atom stereocenters. The standard InChI is InChI=1S/C12H11BrO2/c13-10-4-6-12(15)9(7-10)3-5-11(14)8-1-2-8/h3-8,15H,1-2H2. The van der Waals surface area contributed by atoms with Crippen LogP contribution in [0.3, 0.4) is 0 Å². The van der Waals surface area contributed by atoms with E-state index in [0.717, 1.165) is 17.3 Å². The molecule has 0 heterocycles. The Labute approximate surface area is 96.7 Å². The number of benzene rings is 1. The van der Waals surface area contributed by atoms with Gasteiger partial charge in [-0.05, 0) is 43.2 Å². The number of halogens is 1. The zero-order valence-electron chi connectivity index (χ0n) is 8.11. The van der Waals surface area contributed by atoms with Gasteiger partial charge in [0.1, 0.15) is 5.75 Å². The third kappa shape index (κ3) is 2.69. The van der Waals surface area contributed by atoms with Gasteiger partial charge in [0.15, 0.2) is 5.78 Å². The fraction of sp³-hybridized carbons (Fsp3) is 0.250. The van der Waals surface area contributed by atoms with Crippen LogP contribution in [0.5, 0.6) is 5.75 Å². The van der Waals surface area contributed by atoms with Crippen LogP contribution in [0.15, 0.2) is 28.7 Å². The van der Waals surface area contributed by atoms with Gasteiger partial charge in [0, 0.05) is 16.0 Å². The molecular formula is C12H11BrO2. The second kappa shape index (κ2) is 4.19. The van der Waals surface area contributed by atoms with Crippen molar-refractivity contribution in [2.24, 2.45) is 5.92 Å². The van der Waals surface area contributed by atoms with E-state index in [2.05, 4.69) is 15.9 Å². The van der Waals surface area contributed by atoms with E-state index in [1.54, 1.807) is 30.4 Å². The molecule has 1 aromatic carbocycles. The van der Waals surface area contributed by atoms with Crippen molar-refractivity contribution in [2.45, 2.75) is 12.8 Å². The Hall–Kier alpha value is -1.09. The van der Waals surface area contributed by atoms with Crippen LogP contribution >= 0.6 is 15.9 Å². The van der Waals surface area contributed by atoms with E-state index in [9.17, 15) is 9.90 Å². The molecule has 3 heteroatoms. The van der Waals surface area contributed by atoms with Gasteiger partial charge in [-0.15, -0.1) is 0 Å². The SMILES string of the molecule is O=C(C=Cc1cc(Br)ccc1O)C1CC1. The summed E-state index contributed by atoms with van der Waals surface area (Å²) in [6.07, 6.45) is 5.24. The summed E-state index contributed by atoms with van der Waals surface area (Å²) in [5.74, 6) is 0.586. The molecule has 2 nitrogen and oxygen atoms in total. The molecule has 0 aliphatic heterocycles. The highest BCUT2D eigenvalue weighted by Crippen LogP contribution is 2.31. The second-order valence-corrected chi connectivity index (χ2v) is 4.63. The van der Waals surface area contributed by atoms with Crippen molar-refractivity contribution in [1.29, 1.82) is 0 Å². The average Bonchev–Trinajstić information content (AvgIpc) is 3.02. The lowest BCUT2D eigenvalue weighted by molar-refractivity contribution is -0.115. The number of ketones is 1. The largest absolute Gasteiger partial charge is 0.507 e. The van der Waals surface area contributed by atoms with E-state index in [4.69, 9.17) is 0 Å². The molecule has 1 aliphatic carbocycles. The number of carbonyl (C=O) groups is 1. The van der Waals surface area contributed by atoms with E-state index in [1.807, 2.05) is 0 Å². The van der Waals surface area contributed by atoms with Crippen molar-refractivity contribution in [3.05, 3.63) is 34.3 Å². The van der Waals surface area contributed by atoms with Gasteiger partial charge in [-0.2, -0.15) is 0 Å². The fourth-order valence-corrected chi connectivity index (χ4v) is 1.71. The van der Waals surface area contributed by atoms with Crippen molar-refractivity contribution in [3.63, 3.8) is 0 Å². The lowest BCUT2D eigenvalue weighted by Gasteiger charge is -1.99. The summed E-state index contributed by atoms with van der Waals surface area (Å²) < 4.78 is 0.888. The Balaban J connectivity index is 2.15. The molecule has 0 amide bonds.